The van der Waals surface area contributed by atoms with Gasteiger partial charge in [0.05, 0.1) is 15.9 Å². The minimum Gasteiger partial charge on any atom is -0.478 e. The molecule has 3 aliphatic rings. The molecule has 0 N–H and O–H groups in total. The molecular weight excluding hydrogens is 489 g/mol. The van der Waals surface area contributed by atoms with E-state index >= 15 is 0 Å². The summed E-state index contributed by atoms with van der Waals surface area (Å²) in [4.78, 5) is 4.84. The van der Waals surface area contributed by atoms with Gasteiger partial charge in [-0.15, -0.1) is 0 Å². The third-order valence-electron chi connectivity index (χ3n) is 4.41. The summed E-state index contributed by atoms with van der Waals surface area (Å²) in [5.41, 5.74) is 1.34. The molecule has 0 aromatic heterocycles. The van der Waals surface area contributed by atoms with E-state index in [2.05, 4.69) is 80.5 Å². The Hall–Kier alpha value is -0.0605. The van der Waals surface area contributed by atoms with Crippen LogP contribution in [0.2, 0.25) is 0 Å². The molecule has 1 heterocycles. The molecule has 4 heteroatoms. The van der Waals surface area contributed by atoms with Gasteiger partial charge in [-0.25, -0.2) is 4.99 Å². The van der Waals surface area contributed by atoms with E-state index in [4.69, 9.17) is 9.73 Å². The first-order chi connectivity index (χ1) is 12.5. The standard InChI is InChI=1S/C18H19INO.C5H5.Fe/c1-18(2,3)15-11-21-17(20-15)16-13(9-10-14(16)19)12-7-5-4-6-8-12;1-2-4-5-3-1;/h4-10,15H,11H2,1-3H3;1-5H;/q;;+2/t15-;;/m1../s1. The SMILES string of the molecule is CC(C)(C)[C@H]1COC([C]2[C](I)[CH][CH][C]2c2ccccc2)=N1.[CH]1[CH][CH][CH][CH]1.[Fe+2]. The molecule has 1 aromatic carbocycles. The topological polar surface area (TPSA) is 21.6 Å². The van der Waals surface area contributed by atoms with Crippen molar-refractivity contribution in [2.75, 3.05) is 6.61 Å². The number of nitrogens with zero attached hydrogens (tertiary/aromatic N) is 1. The molecule has 140 valence electrons. The van der Waals surface area contributed by atoms with E-state index in [1.54, 1.807) is 0 Å². The fourth-order valence-electron chi connectivity index (χ4n) is 2.80. The van der Waals surface area contributed by atoms with E-state index < -0.39 is 0 Å². The van der Waals surface area contributed by atoms with Crippen molar-refractivity contribution >= 4 is 28.5 Å². The molecule has 0 unspecified atom stereocenters. The molecule has 2 nitrogen and oxygen atoms in total. The Morgan fingerprint density at radius 3 is 2.07 bits per heavy atom. The molecule has 2 fully saturated rings. The molecule has 2 saturated carbocycles. The number of benzene rings is 1. The minimum atomic E-state index is 0. The summed E-state index contributed by atoms with van der Waals surface area (Å²) in [6, 6.07) is 10.7. The van der Waals surface area contributed by atoms with Gasteiger partial charge in [0.1, 0.15) is 6.61 Å². The summed E-state index contributed by atoms with van der Waals surface area (Å²) in [6.45, 7) is 7.30. The van der Waals surface area contributed by atoms with Crippen LogP contribution < -0.4 is 0 Å². The summed E-state index contributed by atoms with van der Waals surface area (Å²) >= 11 is 2.36. The zero-order chi connectivity index (χ0) is 18.6. The predicted octanol–water partition coefficient (Wildman–Crippen LogP) is 5.44. The second-order valence-corrected chi connectivity index (χ2v) is 8.59. The molecule has 0 amide bonds. The Morgan fingerprint density at radius 1 is 0.963 bits per heavy atom. The van der Waals surface area contributed by atoms with E-state index in [0.29, 0.717) is 6.61 Å². The fourth-order valence-corrected chi connectivity index (χ4v) is 3.50. The molecule has 27 heavy (non-hydrogen) atoms. The summed E-state index contributed by atoms with van der Waals surface area (Å²) in [5.74, 6) is 3.13. The molecule has 1 aliphatic heterocycles. The molecular formula is C23H24FeINO+2. The molecule has 0 bridgehead atoms. The van der Waals surface area contributed by atoms with Crippen LogP contribution >= 0.6 is 22.6 Å². The smallest absolute Gasteiger partial charge is 0.478 e. The maximum Gasteiger partial charge on any atom is 2.00 e. The quantitative estimate of drug-likeness (QED) is 0.382. The fraction of sp³-hybridized carbons (Fsp3) is 0.261. The molecule has 1 aromatic rings. The van der Waals surface area contributed by atoms with Crippen LogP contribution in [0.4, 0.5) is 0 Å². The van der Waals surface area contributed by atoms with E-state index in [9.17, 15) is 0 Å². The van der Waals surface area contributed by atoms with Crippen LogP contribution in [0.5, 0.6) is 0 Å². The first-order valence-corrected chi connectivity index (χ1v) is 9.93. The number of hydrogen-bond donors (Lipinski definition) is 0. The predicted molar refractivity (Wildman–Crippen MR) is 116 cm³/mol. The number of halogens is 1. The zero-order valence-electron chi connectivity index (χ0n) is 15.8. The Morgan fingerprint density at radius 2 is 1.56 bits per heavy atom. The zero-order valence-corrected chi connectivity index (χ0v) is 19.1. The van der Waals surface area contributed by atoms with Gasteiger partial charge in [0.25, 0.3) is 0 Å². The van der Waals surface area contributed by atoms with Crippen molar-refractivity contribution in [2.24, 2.45) is 10.4 Å². The van der Waals surface area contributed by atoms with Crippen molar-refractivity contribution < 1.29 is 21.8 Å². The normalized spacial score (nSPS) is 24.0. The van der Waals surface area contributed by atoms with E-state index in [0.717, 1.165) is 11.8 Å². The minimum absolute atomic E-state index is 0. The van der Waals surface area contributed by atoms with Gasteiger partial charge in [0, 0.05) is 5.92 Å². The molecule has 0 saturated heterocycles. The Bertz CT molecular complexity index is 587. The second-order valence-electron chi connectivity index (χ2n) is 7.43. The maximum absolute atomic E-state index is 5.92. The average molecular weight is 513 g/mol. The summed E-state index contributed by atoms with van der Waals surface area (Å²) < 4.78 is 7.12. The third-order valence-corrected chi connectivity index (χ3v) is 5.31. The van der Waals surface area contributed by atoms with Crippen LogP contribution in [0.25, 0.3) is 0 Å². The van der Waals surface area contributed by atoms with Gasteiger partial charge in [-0.3, -0.25) is 0 Å². The molecule has 2 aliphatic carbocycles. The Balaban J connectivity index is 0.000000379. The van der Waals surface area contributed by atoms with Gasteiger partial charge in [0.2, 0.25) is 0 Å². The largest absolute Gasteiger partial charge is 2.00 e. The van der Waals surface area contributed by atoms with Crippen molar-refractivity contribution in [3.05, 3.63) is 96.6 Å². The van der Waals surface area contributed by atoms with Gasteiger partial charge >= 0.3 is 17.1 Å². The molecule has 1 atom stereocenters. The van der Waals surface area contributed by atoms with Crippen LogP contribution in [-0.2, 0) is 21.8 Å². The van der Waals surface area contributed by atoms with Crippen molar-refractivity contribution in [2.45, 2.75) is 26.8 Å². The van der Waals surface area contributed by atoms with E-state index in [-0.39, 0.29) is 28.5 Å². The first-order valence-electron chi connectivity index (χ1n) is 8.85. The second kappa shape index (κ2) is 10.6. The van der Waals surface area contributed by atoms with Crippen molar-refractivity contribution in [3.8, 4) is 0 Å². The maximum atomic E-state index is 5.92. The number of rotatable bonds is 2. The van der Waals surface area contributed by atoms with Gasteiger partial charge in [-0.1, -0.05) is 73.7 Å². The van der Waals surface area contributed by atoms with Crippen LogP contribution in [-0.4, -0.2) is 18.5 Å². The number of ether oxygens (including phenoxy) is 1. The Labute approximate surface area is 189 Å². The van der Waals surface area contributed by atoms with Crippen molar-refractivity contribution in [1.82, 2.24) is 0 Å². The van der Waals surface area contributed by atoms with Crippen LogP contribution in [0, 0.1) is 66.1 Å². The molecule has 10 radical (unpaired) electrons. The number of hydrogen-bond acceptors (Lipinski definition) is 2. The van der Waals surface area contributed by atoms with Crippen molar-refractivity contribution in [1.29, 1.82) is 0 Å². The van der Waals surface area contributed by atoms with E-state index in [1.165, 1.54) is 15.4 Å². The van der Waals surface area contributed by atoms with Gasteiger partial charge in [-0.05, 0) is 55.9 Å². The van der Waals surface area contributed by atoms with Gasteiger partial charge < -0.3 is 4.74 Å². The summed E-state index contributed by atoms with van der Waals surface area (Å²) in [5, 5.41) is 0. The summed E-state index contributed by atoms with van der Waals surface area (Å²) in [7, 11) is 0. The van der Waals surface area contributed by atoms with Crippen LogP contribution in [0.3, 0.4) is 0 Å². The molecule has 0 spiro atoms. The number of aliphatic imine (C=N–C) groups is 1. The van der Waals surface area contributed by atoms with Gasteiger partial charge in [-0.2, -0.15) is 0 Å². The third kappa shape index (κ3) is 6.21. The van der Waals surface area contributed by atoms with Crippen molar-refractivity contribution in [3.63, 3.8) is 0 Å². The average Bonchev–Trinajstić information content (AvgIpc) is 3.37. The monoisotopic (exact) mass is 513 g/mol. The van der Waals surface area contributed by atoms with Crippen LogP contribution in [0.15, 0.2) is 35.3 Å². The van der Waals surface area contributed by atoms with E-state index in [1.807, 2.05) is 38.2 Å². The molecule has 4 rings (SSSR count). The first kappa shape index (κ1) is 23.2. The Kier molecular flexibility index (Phi) is 9.15. The van der Waals surface area contributed by atoms with Crippen LogP contribution in [0.1, 0.15) is 26.3 Å². The van der Waals surface area contributed by atoms with Gasteiger partial charge in [0.15, 0.2) is 5.90 Å². The summed E-state index contributed by atoms with van der Waals surface area (Å²) in [6.07, 6.45) is 14.3.